The molecule has 0 bridgehead atoms. The number of hydrogen-bond donors (Lipinski definition) is 2. The van der Waals surface area contributed by atoms with Crippen LogP contribution >= 0.6 is 0 Å². The monoisotopic (exact) mass is 390 g/mol. The summed E-state index contributed by atoms with van der Waals surface area (Å²) in [4.78, 5) is 27.5. The maximum absolute atomic E-state index is 12.6. The minimum absolute atomic E-state index is 0.137. The summed E-state index contributed by atoms with van der Waals surface area (Å²) in [6.07, 6.45) is -0.137. The zero-order chi connectivity index (χ0) is 21.0. The van der Waals surface area contributed by atoms with Gasteiger partial charge in [0.15, 0.2) is 0 Å². The molecule has 2 N–H and O–H groups in total. The van der Waals surface area contributed by atoms with Crippen molar-refractivity contribution in [3.63, 3.8) is 0 Å². The summed E-state index contributed by atoms with van der Waals surface area (Å²) >= 11 is 0. The first-order valence-electron chi connectivity index (χ1n) is 9.65. The van der Waals surface area contributed by atoms with Crippen LogP contribution in [0.15, 0.2) is 59.4 Å². The average Bonchev–Trinajstić information content (AvgIpc) is 2.67. The summed E-state index contributed by atoms with van der Waals surface area (Å²) in [6.45, 7) is 7.78. The number of hydrogen-bond acceptors (Lipinski definition) is 3. The highest BCUT2D eigenvalue weighted by Crippen LogP contribution is 2.23. The van der Waals surface area contributed by atoms with Gasteiger partial charge in [-0.15, -0.1) is 0 Å². The third kappa shape index (κ3) is 4.93. The van der Waals surface area contributed by atoms with E-state index in [1.807, 2.05) is 76.2 Å². The maximum atomic E-state index is 12.6. The molecule has 0 aliphatic heterocycles. The lowest BCUT2D eigenvalue weighted by atomic mass is 10.0. The van der Waals surface area contributed by atoms with Crippen molar-refractivity contribution in [3.05, 3.63) is 98.5 Å². The minimum atomic E-state index is -0.204. The van der Waals surface area contributed by atoms with Gasteiger partial charge in [-0.3, -0.25) is 9.59 Å². The van der Waals surface area contributed by atoms with Crippen LogP contribution in [0.25, 0.3) is 0 Å². The van der Waals surface area contributed by atoms with Crippen molar-refractivity contribution in [1.29, 1.82) is 0 Å². The molecule has 1 aromatic heterocycles. The first-order valence-corrected chi connectivity index (χ1v) is 9.65. The normalized spacial score (nSPS) is 11.7. The quantitative estimate of drug-likeness (QED) is 0.656. The molecule has 0 spiro atoms. The van der Waals surface area contributed by atoms with Crippen LogP contribution in [0.2, 0.25) is 0 Å². The Morgan fingerprint density at radius 2 is 1.76 bits per heavy atom. The number of aromatic amines is 1. The van der Waals surface area contributed by atoms with Crippen LogP contribution in [-0.2, 0) is 6.54 Å². The number of rotatable bonds is 6. The molecule has 3 aromatic rings. The van der Waals surface area contributed by atoms with E-state index in [1.54, 1.807) is 6.07 Å². The molecule has 5 nitrogen and oxygen atoms in total. The van der Waals surface area contributed by atoms with E-state index in [4.69, 9.17) is 4.74 Å². The predicted octanol–water partition coefficient (Wildman–Crippen LogP) is 4.37. The van der Waals surface area contributed by atoms with Gasteiger partial charge in [0, 0.05) is 23.4 Å². The van der Waals surface area contributed by atoms with E-state index in [2.05, 4.69) is 10.3 Å². The average molecular weight is 390 g/mol. The van der Waals surface area contributed by atoms with E-state index in [1.165, 1.54) is 0 Å². The second kappa shape index (κ2) is 8.78. The Morgan fingerprint density at radius 3 is 2.41 bits per heavy atom. The van der Waals surface area contributed by atoms with Gasteiger partial charge in [0.25, 0.3) is 11.5 Å². The Bertz CT molecular complexity index is 1070. The Balaban J connectivity index is 1.70. The minimum Gasteiger partial charge on any atom is -0.486 e. The molecule has 1 amide bonds. The van der Waals surface area contributed by atoms with E-state index in [-0.39, 0.29) is 24.1 Å². The van der Waals surface area contributed by atoms with Crippen LogP contribution < -0.4 is 15.6 Å². The molecular weight excluding hydrogens is 364 g/mol. The number of carbonyl (C=O) groups is 1. The van der Waals surface area contributed by atoms with Gasteiger partial charge in [-0.1, -0.05) is 30.3 Å². The van der Waals surface area contributed by atoms with Crippen LogP contribution in [0.1, 0.15) is 51.3 Å². The van der Waals surface area contributed by atoms with Crippen LogP contribution in [0.3, 0.4) is 0 Å². The lowest BCUT2D eigenvalue weighted by molar-refractivity contribution is 0.0950. The van der Waals surface area contributed by atoms with Gasteiger partial charge in [0.2, 0.25) is 0 Å². The molecule has 0 aliphatic rings. The second-order valence-corrected chi connectivity index (χ2v) is 7.27. The van der Waals surface area contributed by atoms with Crippen molar-refractivity contribution in [2.24, 2.45) is 0 Å². The first-order chi connectivity index (χ1) is 13.8. The molecule has 0 saturated heterocycles. The third-order valence-electron chi connectivity index (χ3n) is 4.94. The van der Waals surface area contributed by atoms with E-state index in [0.29, 0.717) is 11.1 Å². The van der Waals surface area contributed by atoms with Crippen molar-refractivity contribution >= 4 is 5.91 Å². The number of para-hydroxylation sites is 1. The maximum Gasteiger partial charge on any atom is 0.253 e. The molecule has 29 heavy (non-hydrogen) atoms. The van der Waals surface area contributed by atoms with Crippen LogP contribution in [0, 0.1) is 20.8 Å². The molecule has 1 atom stereocenters. The molecule has 150 valence electrons. The molecule has 1 heterocycles. The molecule has 0 saturated carbocycles. The highest BCUT2D eigenvalue weighted by Gasteiger charge is 2.14. The van der Waals surface area contributed by atoms with Crippen molar-refractivity contribution < 1.29 is 9.53 Å². The summed E-state index contributed by atoms with van der Waals surface area (Å²) in [6, 6.07) is 17.2. The topological polar surface area (TPSA) is 71.2 Å². The molecular formula is C24H26N2O3. The number of pyridine rings is 1. The smallest absolute Gasteiger partial charge is 0.253 e. The number of benzene rings is 2. The number of H-pyrrole nitrogens is 1. The summed E-state index contributed by atoms with van der Waals surface area (Å²) in [5.41, 5.74) is 4.52. The molecule has 0 aliphatic carbocycles. The van der Waals surface area contributed by atoms with Gasteiger partial charge in [-0.05, 0) is 68.7 Å². The SMILES string of the molecule is Cc1cc(C)c(CNC(=O)c2ccc(C(C)Oc3ccccc3)cc2C)c(=O)[nH]1. The lowest BCUT2D eigenvalue weighted by Crippen LogP contribution is -2.28. The largest absolute Gasteiger partial charge is 0.486 e. The number of aryl methyl sites for hydroxylation is 3. The summed E-state index contributed by atoms with van der Waals surface area (Å²) < 4.78 is 5.96. The third-order valence-corrected chi connectivity index (χ3v) is 4.94. The molecule has 0 fully saturated rings. The van der Waals surface area contributed by atoms with E-state index in [0.717, 1.165) is 28.1 Å². The molecule has 3 rings (SSSR count). The Hall–Kier alpha value is -3.34. The van der Waals surface area contributed by atoms with Gasteiger partial charge in [0.1, 0.15) is 11.9 Å². The lowest BCUT2D eigenvalue weighted by Gasteiger charge is -2.17. The fraction of sp³-hybridized carbons (Fsp3) is 0.250. The number of nitrogens with one attached hydrogen (secondary N) is 2. The van der Waals surface area contributed by atoms with Gasteiger partial charge < -0.3 is 15.0 Å². The van der Waals surface area contributed by atoms with Crippen LogP contribution in [-0.4, -0.2) is 10.9 Å². The van der Waals surface area contributed by atoms with E-state index in [9.17, 15) is 9.59 Å². The molecule has 1 unspecified atom stereocenters. The zero-order valence-electron chi connectivity index (χ0n) is 17.2. The summed E-state index contributed by atoms with van der Waals surface area (Å²) in [7, 11) is 0. The highest BCUT2D eigenvalue weighted by atomic mass is 16.5. The van der Waals surface area contributed by atoms with E-state index >= 15 is 0 Å². The Labute approximate surface area is 170 Å². The van der Waals surface area contributed by atoms with Crippen molar-refractivity contribution in [1.82, 2.24) is 10.3 Å². The van der Waals surface area contributed by atoms with Crippen molar-refractivity contribution in [2.75, 3.05) is 0 Å². The van der Waals surface area contributed by atoms with Crippen molar-refractivity contribution in [2.45, 2.75) is 40.3 Å². The fourth-order valence-electron chi connectivity index (χ4n) is 3.33. The highest BCUT2D eigenvalue weighted by molar-refractivity contribution is 5.95. The number of ether oxygens (including phenoxy) is 1. The molecule has 2 aromatic carbocycles. The number of carbonyl (C=O) groups excluding carboxylic acids is 1. The molecule has 0 radical (unpaired) electrons. The molecule has 5 heteroatoms. The number of aromatic nitrogens is 1. The van der Waals surface area contributed by atoms with Gasteiger partial charge in [0.05, 0.1) is 0 Å². The van der Waals surface area contributed by atoms with Crippen molar-refractivity contribution in [3.8, 4) is 5.75 Å². The van der Waals surface area contributed by atoms with Gasteiger partial charge >= 0.3 is 0 Å². The predicted molar refractivity (Wildman–Crippen MR) is 114 cm³/mol. The Morgan fingerprint density at radius 1 is 1.03 bits per heavy atom. The number of amides is 1. The van der Waals surface area contributed by atoms with Gasteiger partial charge in [-0.2, -0.15) is 0 Å². The first kappa shape index (κ1) is 20.4. The Kier molecular flexibility index (Phi) is 6.17. The van der Waals surface area contributed by atoms with Crippen LogP contribution in [0.4, 0.5) is 0 Å². The van der Waals surface area contributed by atoms with Gasteiger partial charge in [-0.25, -0.2) is 0 Å². The fourth-order valence-corrected chi connectivity index (χ4v) is 3.33. The summed E-state index contributed by atoms with van der Waals surface area (Å²) in [5.74, 6) is 0.600. The second-order valence-electron chi connectivity index (χ2n) is 7.27. The zero-order valence-corrected chi connectivity index (χ0v) is 17.2. The standard InChI is InChI=1S/C24H26N2O3/c1-15-12-17(3)26-24(28)22(15)14-25-23(27)21-11-10-19(13-16(21)2)18(4)29-20-8-6-5-7-9-20/h5-13,18H,14H2,1-4H3,(H,25,27)(H,26,28). The van der Waals surface area contributed by atoms with Crippen LogP contribution in [0.5, 0.6) is 5.75 Å². The van der Waals surface area contributed by atoms with E-state index < -0.39 is 0 Å². The summed E-state index contributed by atoms with van der Waals surface area (Å²) in [5, 5.41) is 2.86.